The Kier molecular flexibility index (Phi) is 4.36. The topological polar surface area (TPSA) is 93.0 Å². The fourth-order valence-electron chi connectivity index (χ4n) is 2.22. The van der Waals surface area contributed by atoms with E-state index in [1.165, 1.54) is 12.6 Å². The van der Waals surface area contributed by atoms with E-state index in [2.05, 4.69) is 27.5 Å². The first-order chi connectivity index (χ1) is 9.54. The van der Waals surface area contributed by atoms with Crippen molar-refractivity contribution in [2.24, 2.45) is 5.41 Å². The number of aromatic nitrogens is 2. The Bertz CT molecular complexity index is 488. The van der Waals surface area contributed by atoms with Gasteiger partial charge in [-0.3, -0.25) is 10.1 Å². The third-order valence-electron chi connectivity index (χ3n) is 3.74. The number of nitrogens with zero attached hydrogens (tertiary/aromatic N) is 3. The Morgan fingerprint density at radius 1 is 1.45 bits per heavy atom. The number of hydrogen-bond donors (Lipinski definition) is 2. The van der Waals surface area contributed by atoms with Gasteiger partial charge in [0.25, 0.3) is 0 Å². The standard InChI is InChI=1S/C13H21N5O2/c1-3-7-14-12-15-8-10(18(19)20)11(17-12)16-9-13(2)5-4-6-13/h8H,3-7,9H2,1-2H3,(H2,14,15,16,17). The monoisotopic (exact) mass is 279 g/mol. The average molecular weight is 279 g/mol. The fourth-order valence-corrected chi connectivity index (χ4v) is 2.22. The molecule has 7 nitrogen and oxygen atoms in total. The van der Waals surface area contributed by atoms with Crippen LogP contribution in [-0.2, 0) is 0 Å². The Morgan fingerprint density at radius 2 is 2.20 bits per heavy atom. The maximum atomic E-state index is 11.0. The van der Waals surface area contributed by atoms with Gasteiger partial charge in [-0.05, 0) is 24.7 Å². The highest BCUT2D eigenvalue weighted by Gasteiger charge is 2.32. The molecule has 0 spiro atoms. The number of rotatable bonds is 7. The molecule has 0 amide bonds. The highest BCUT2D eigenvalue weighted by Crippen LogP contribution is 2.40. The molecule has 110 valence electrons. The van der Waals surface area contributed by atoms with Crippen molar-refractivity contribution in [1.82, 2.24) is 9.97 Å². The minimum Gasteiger partial charge on any atom is -0.364 e. The molecular weight excluding hydrogens is 258 g/mol. The molecule has 1 aromatic rings. The second-order valence-corrected chi connectivity index (χ2v) is 5.63. The van der Waals surface area contributed by atoms with Gasteiger partial charge in [-0.25, -0.2) is 4.98 Å². The number of nitro groups is 1. The summed E-state index contributed by atoms with van der Waals surface area (Å²) < 4.78 is 0. The third kappa shape index (κ3) is 3.34. The van der Waals surface area contributed by atoms with Gasteiger partial charge >= 0.3 is 5.69 Å². The smallest absolute Gasteiger partial charge is 0.329 e. The molecule has 0 unspecified atom stereocenters. The number of hydrogen-bond acceptors (Lipinski definition) is 6. The van der Waals surface area contributed by atoms with Crippen LogP contribution in [0.1, 0.15) is 39.5 Å². The molecule has 0 aliphatic heterocycles. The Hall–Kier alpha value is -1.92. The largest absolute Gasteiger partial charge is 0.364 e. The van der Waals surface area contributed by atoms with E-state index in [4.69, 9.17) is 0 Å². The zero-order valence-corrected chi connectivity index (χ0v) is 12.0. The molecule has 1 saturated carbocycles. The minimum absolute atomic E-state index is 0.0741. The van der Waals surface area contributed by atoms with Crippen LogP contribution in [0.5, 0.6) is 0 Å². The maximum Gasteiger partial charge on any atom is 0.329 e. The molecule has 0 radical (unpaired) electrons. The fraction of sp³-hybridized carbons (Fsp3) is 0.692. The van der Waals surface area contributed by atoms with E-state index in [0.717, 1.165) is 25.8 Å². The molecule has 2 rings (SSSR count). The highest BCUT2D eigenvalue weighted by molar-refractivity contribution is 5.57. The molecule has 2 N–H and O–H groups in total. The van der Waals surface area contributed by atoms with E-state index in [1.807, 2.05) is 6.92 Å². The average Bonchev–Trinajstić information content (AvgIpc) is 2.40. The summed E-state index contributed by atoms with van der Waals surface area (Å²) in [6, 6.07) is 0. The summed E-state index contributed by atoms with van der Waals surface area (Å²) in [5.74, 6) is 0.732. The molecule has 1 aliphatic rings. The van der Waals surface area contributed by atoms with Crippen molar-refractivity contribution in [2.45, 2.75) is 39.5 Å². The Labute approximate surface area is 118 Å². The SMILES string of the molecule is CCCNc1ncc([N+](=O)[O-])c(NCC2(C)CCC2)n1. The van der Waals surface area contributed by atoms with Gasteiger partial charge in [0.05, 0.1) is 4.92 Å². The van der Waals surface area contributed by atoms with Crippen LogP contribution in [0.2, 0.25) is 0 Å². The molecule has 0 atom stereocenters. The van der Waals surface area contributed by atoms with Crippen molar-refractivity contribution in [1.29, 1.82) is 0 Å². The summed E-state index contributed by atoms with van der Waals surface area (Å²) >= 11 is 0. The lowest BCUT2D eigenvalue weighted by atomic mass is 9.70. The van der Waals surface area contributed by atoms with Gasteiger partial charge < -0.3 is 10.6 Å². The lowest BCUT2D eigenvalue weighted by molar-refractivity contribution is -0.384. The van der Waals surface area contributed by atoms with E-state index in [0.29, 0.717) is 18.3 Å². The number of nitrogens with one attached hydrogen (secondary N) is 2. The van der Waals surface area contributed by atoms with Crippen molar-refractivity contribution in [3.8, 4) is 0 Å². The van der Waals surface area contributed by atoms with Crippen LogP contribution in [0.4, 0.5) is 17.5 Å². The molecule has 0 saturated heterocycles. The summed E-state index contributed by atoms with van der Waals surface area (Å²) in [6.07, 6.45) is 5.74. The van der Waals surface area contributed by atoms with Crippen LogP contribution < -0.4 is 10.6 Å². The van der Waals surface area contributed by atoms with Gasteiger partial charge in [0.1, 0.15) is 6.20 Å². The van der Waals surface area contributed by atoms with Gasteiger partial charge in [-0.2, -0.15) is 4.98 Å². The lowest BCUT2D eigenvalue weighted by Gasteiger charge is -2.38. The van der Waals surface area contributed by atoms with Gasteiger partial charge in [0.2, 0.25) is 11.8 Å². The van der Waals surface area contributed by atoms with Crippen LogP contribution in [0, 0.1) is 15.5 Å². The van der Waals surface area contributed by atoms with Crippen LogP contribution in [0.3, 0.4) is 0 Å². The minimum atomic E-state index is -0.449. The first-order valence-electron chi connectivity index (χ1n) is 7.03. The molecule has 1 heterocycles. The van der Waals surface area contributed by atoms with E-state index in [-0.39, 0.29) is 11.1 Å². The van der Waals surface area contributed by atoms with Crippen molar-refractivity contribution in [3.63, 3.8) is 0 Å². The summed E-state index contributed by atoms with van der Waals surface area (Å²) in [4.78, 5) is 18.8. The molecular formula is C13H21N5O2. The lowest BCUT2D eigenvalue weighted by Crippen LogP contribution is -2.33. The molecule has 7 heteroatoms. The highest BCUT2D eigenvalue weighted by atomic mass is 16.6. The molecule has 1 aromatic heterocycles. The molecule has 0 aromatic carbocycles. The summed E-state index contributed by atoms with van der Waals surface area (Å²) in [6.45, 7) is 5.68. The van der Waals surface area contributed by atoms with Crippen molar-refractivity contribution in [2.75, 3.05) is 23.7 Å². The Morgan fingerprint density at radius 3 is 2.75 bits per heavy atom. The van der Waals surface area contributed by atoms with Crippen molar-refractivity contribution < 1.29 is 4.92 Å². The van der Waals surface area contributed by atoms with Crippen LogP contribution >= 0.6 is 0 Å². The third-order valence-corrected chi connectivity index (χ3v) is 3.74. The zero-order valence-electron chi connectivity index (χ0n) is 12.0. The van der Waals surface area contributed by atoms with Gasteiger partial charge in [-0.1, -0.05) is 20.3 Å². The Balaban J connectivity index is 2.11. The van der Waals surface area contributed by atoms with Crippen LogP contribution in [0.15, 0.2) is 6.20 Å². The van der Waals surface area contributed by atoms with E-state index in [1.54, 1.807) is 0 Å². The van der Waals surface area contributed by atoms with Crippen molar-refractivity contribution in [3.05, 3.63) is 16.3 Å². The quantitative estimate of drug-likeness (QED) is 0.589. The van der Waals surface area contributed by atoms with E-state index in [9.17, 15) is 10.1 Å². The molecule has 20 heavy (non-hydrogen) atoms. The molecule has 0 bridgehead atoms. The molecule has 1 aliphatic carbocycles. The summed E-state index contributed by atoms with van der Waals surface area (Å²) in [7, 11) is 0. The van der Waals surface area contributed by atoms with Gasteiger partial charge in [0, 0.05) is 13.1 Å². The molecule has 1 fully saturated rings. The van der Waals surface area contributed by atoms with Crippen molar-refractivity contribution >= 4 is 17.5 Å². The first-order valence-corrected chi connectivity index (χ1v) is 7.03. The normalized spacial score (nSPS) is 16.3. The second-order valence-electron chi connectivity index (χ2n) is 5.63. The predicted molar refractivity (Wildman–Crippen MR) is 77.9 cm³/mol. The van der Waals surface area contributed by atoms with E-state index < -0.39 is 4.92 Å². The zero-order chi connectivity index (χ0) is 14.6. The first kappa shape index (κ1) is 14.5. The van der Waals surface area contributed by atoms with Crippen LogP contribution in [0.25, 0.3) is 0 Å². The van der Waals surface area contributed by atoms with Crippen LogP contribution in [-0.4, -0.2) is 28.0 Å². The van der Waals surface area contributed by atoms with Gasteiger partial charge in [0.15, 0.2) is 0 Å². The summed E-state index contributed by atoms with van der Waals surface area (Å²) in [5.41, 5.74) is 0.158. The summed E-state index contributed by atoms with van der Waals surface area (Å²) in [5, 5.41) is 17.2. The van der Waals surface area contributed by atoms with Gasteiger partial charge in [-0.15, -0.1) is 0 Å². The second kappa shape index (κ2) is 6.02. The maximum absolute atomic E-state index is 11.0. The predicted octanol–water partition coefficient (Wildman–Crippen LogP) is 2.81. The number of anilines is 2. The van der Waals surface area contributed by atoms with E-state index >= 15 is 0 Å².